The molecule has 1 rings (SSSR count). The van der Waals surface area contributed by atoms with E-state index in [-0.39, 0.29) is 5.41 Å². The summed E-state index contributed by atoms with van der Waals surface area (Å²) >= 11 is 3.62. The Balaban J connectivity index is 2.77. The van der Waals surface area contributed by atoms with Gasteiger partial charge in [-0.05, 0) is 42.5 Å². The van der Waals surface area contributed by atoms with Gasteiger partial charge in [-0.2, -0.15) is 0 Å². The Bertz CT molecular complexity index is 433. The minimum absolute atomic E-state index is 0.280. The molecule has 1 aromatic rings. The molecule has 0 unspecified atom stereocenters. The smallest absolute Gasteiger partial charge is 0.161 e. The quantitative estimate of drug-likeness (QED) is 0.772. The molecular weight excluding hydrogens is 318 g/mol. The van der Waals surface area contributed by atoms with Crippen LogP contribution in [0.3, 0.4) is 0 Å². The Kier molecular flexibility index (Phi) is 6.83. The van der Waals surface area contributed by atoms with E-state index in [9.17, 15) is 0 Å². The summed E-state index contributed by atoms with van der Waals surface area (Å²) in [6.07, 6.45) is 2.13. The topological polar surface area (TPSA) is 30.5 Å². The zero-order chi connectivity index (χ0) is 15.2. The molecule has 0 bridgehead atoms. The molecule has 0 atom stereocenters. The van der Waals surface area contributed by atoms with E-state index in [0.717, 1.165) is 41.9 Å². The van der Waals surface area contributed by atoms with Gasteiger partial charge in [-0.15, -0.1) is 0 Å². The third kappa shape index (κ3) is 4.98. The van der Waals surface area contributed by atoms with Crippen LogP contribution >= 0.6 is 15.9 Å². The number of hydrogen-bond acceptors (Lipinski definition) is 3. The molecule has 0 fully saturated rings. The summed E-state index contributed by atoms with van der Waals surface area (Å²) < 4.78 is 11.8. The Hall–Kier alpha value is -0.740. The molecule has 1 N–H and O–H groups in total. The average Bonchev–Trinajstić information content (AvgIpc) is 2.43. The highest BCUT2D eigenvalue weighted by molar-refractivity contribution is 9.10. The van der Waals surface area contributed by atoms with Crippen molar-refractivity contribution in [2.75, 3.05) is 27.3 Å². The monoisotopic (exact) mass is 343 g/mol. The highest BCUT2D eigenvalue weighted by Crippen LogP contribution is 2.35. The Labute approximate surface area is 131 Å². The molecule has 0 aliphatic heterocycles. The van der Waals surface area contributed by atoms with Gasteiger partial charge in [-0.25, -0.2) is 0 Å². The maximum Gasteiger partial charge on any atom is 0.161 e. The molecule has 4 heteroatoms. The van der Waals surface area contributed by atoms with Crippen molar-refractivity contribution in [1.29, 1.82) is 0 Å². The highest BCUT2D eigenvalue weighted by atomic mass is 79.9. The second-order valence-corrected chi connectivity index (χ2v) is 6.60. The number of rotatable bonds is 8. The van der Waals surface area contributed by atoms with Crippen LogP contribution in [0, 0.1) is 5.41 Å². The molecular formula is C16H26BrNO2. The fourth-order valence-corrected chi connectivity index (χ4v) is 2.63. The summed E-state index contributed by atoms with van der Waals surface area (Å²) in [5.41, 5.74) is 1.54. The van der Waals surface area contributed by atoms with Crippen molar-refractivity contribution < 1.29 is 9.47 Å². The van der Waals surface area contributed by atoms with Gasteiger partial charge in [0.15, 0.2) is 11.5 Å². The second kappa shape index (κ2) is 7.89. The normalized spacial score (nSPS) is 11.5. The largest absolute Gasteiger partial charge is 0.493 e. The van der Waals surface area contributed by atoms with E-state index < -0.39 is 0 Å². The first kappa shape index (κ1) is 17.3. The lowest BCUT2D eigenvalue weighted by Crippen LogP contribution is -2.29. The molecule has 0 aromatic heterocycles. The first-order valence-electron chi connectivity index (χ1n) is 7.04. The zero-order valence-electron chi connectivity index (χ0n) is 13.2. The summed E-state index contributed by atoms with van der Waals surface area (Å²) in [5, 5.41) is 3.42. The summed E-state index contributed by atoms with van der Waals surface area (Å²) in [7, 11) is 3.33. The molecule has 1 aromatic carbocycles. The van der Waals surface area contributed by atoms with Crippen molar-refractivity contribution in [2.24, 2.45) is 5.41 Å². The molecule has 114 valence electrons. The molecule has 0 aliphatic rings. The molecule has 0 aliphatic carbocycles. The van der Waals surface area contributed by atoms with Crippen LogP contribution < -0.4 is 14.8 Å². The predicted molar refractivity (Wildman–Crippen MR) is 87.9 cm³/mol. The first-order chi connectivity index (χ1) is 9.43. The summed E-state index contributed by atoms with van der Waals surface area (Å²) in [6.45, 7) is 8.79. The van der Waals surface area contributed by atoms with E-state index in [1.54, 1.807) is 14.2 Å². The third-order valence-corrected chi connectivity index (χ3v) is 4.22. The van der Waals surface area contributed by atoms with Gasteiger partial charge in [0, 0.05) is 11.0 Å². The molecule has 0 saturated carbocycles. The molecule has 0 spiro atoms. The van der Waals surface area contributed by atoms with E-state index in [4.69, 9.17) is 9.47 Å². The van der Waals surface area contributed by atoms with Gasteiger partial charge in [-0.3, -0.25) is 0 Å². The predicted octanol–water partition coefficient (Wildman–Crippen LogP) is 4.03. The Morgan fingerprint density at radius 2 is 1.75 bits per heavy atom. The molecule has 0 amide bonds. The number of halogens is 1. The van der Waals surface area contributed by atoms with Gasteiger partial charge < -0.3 is 14.8 Å². The fourth-order valence-electron chi connectivity index (χ4n) is 2.11. The van der Waals surface area contributed by atoms with Gasteiger partial charge in [-0.1, -0.05) is 36.7 Å². The number of methoxy groups -OCH3 is 2. The van der Waals surface area contributed by atoms with Crippen LogP contribution in [0.15, 0.2) is 16.6 Å². The van der Waals surface area contributed by atoms with Crippen molar-refractivity contribution in [1.82, 2.24) is 5.32 Å². The Morgan fingerprint density at radius 3 is 2.30 bits per heavy atom. The highest BCUT2D eigenvalue weighted by Gasteiger charge is 2.18. The van der Waals surface area contributed by atoms with Crippen molar-refractivity contribution in [3.8, 4) is 11.5 Å². The van der Waals surface area contributed by atoms with Gasteiger partial charge in [0.25, 0.3) is 0 Å². The van der Waals surface area contributed by atoms with E-state index in [2.05, 4.69) is 48.1 Å². The van der Waals surface area contributed by atoms with Crippen molar-refractivity contribution in [2.45, 2.75) is 33.6 Å². The summed E-state index contributed by atoms with van der Waals surface area (Å²) in [4.78, 5) is 0. The second-order valence-electron chi connectivity index (χ2n) is 5.74. The van der Waals surface area contributed by atoms with E-state index in [1.807, 2.05) is 6.07 Å². The lowest BCUT2D eigenvalue weighted by molar-refractivity contribution is 0.317. The SMILES string of the molecule is CCNCC(C)(C)CCc1cc(OC)c(OC)cc1Br. The number of ether oxygens (including phenoxy) is 2. The van der Waals surface area contributed by atoms with E-state index >= 15 is 0 Å². The van der Waals surface area contributed by atoms with Crippen LogP contribution in [-0.4, -0.2) is 27.3 Å². The van der Waals surface area contributed by atoms with Crippen LogP contribution in [-0.2, 0) is 6.42 Å². The molecule has 0 heterocycles. The number of nitrogens with one attached hydrogen (secondary N) is 1. The molecule has 0 saturated heterocycles. The van der Waals surface area contributed by atoms with E-state index in [0.29, 0.717) is 0 Å². The number of benzene rings is 1. The summed E-state index contributed by atoms with van der Waals surface area (Å²) in [6, 6.07) is 4.04. The van der Waals surface area contributed by atoms with Crippen LogP contribution in [0.5, 0.6) is 11.5 Å². The lowest BCUT2D eigenvalue weighted by Gasteiger charge is -2.25. The lowest BCUT2D eigenvalue weighted by atomic mass is 9.86. The minimum atomic E-state index is 0.280. The molecule has 20 heavy (non-hydrogen) atoms. The maximum absolute atomic E-state index is 5.37. The van der Waals surface area contributed by atoms with Gasteiger partial charge in [0.2, 0.25) is 0 Å². The van der Waals surface area contributed by atoms with E-state index in [1.165, 1.54) is 5.56 Å². The average molecular weight is 344 g/mol. The number of aryl methyl sites for hydroxylation is 1. The minimum Gasteiger partial charge on any atom is -0.493 e. The van der Waals surface area contributed by atoms with Gasteiger partial charge in [0.05, 0.1) is 14.2 Å². The van der Waals surface area contributed by atoms with Crippen molar-refractivity contribution in [3.63, 3.8) is 0 Å². The van der Waals surface area contributed by atoms with Gasteiger partial charge in [0.1, 0.15) is 0 Å². The first-order valence-corrected chi connectivity index (χ1v) is 7.84. The van der Waals surface area contributed by atoms with Gasteiger partial charge >= 0.3 is 0 Å². The number of hydrogen-bond donors (Lipinski definition) is 1. The molecule has 0 radical (unpaired) electrons. The van der Waals surface area contributed by atoms with Crippen LogP contribution in [0.2, 0.25) is 0 Å². The van der Waals surface area contributed by atoms with Crippen molar-refractivity contribution >= 4 is 15.9 Å². The van der Waals surface area contributed by atoms with Crippen LogP contribution in [0.4, 0.5) is 0 Å². The van der Waals surface area contributed by atoms with Crippen LogP contribution in [0.25, 0.3) is 0 Å². The Morgan fingerprint density at radius 1 is 1.15 bits per heavy atom. The van der Waals surface area contributed by atoms with Crippen molar-refractivity contribution in [3.05, 3.63) is 22.2 Å². The third-order valence-electron chi connectivity index (χ3n) is 3.48. The zero-order valence-corrected chi connectivity index (χ0v) is 14.8. The standard InChI is InChI=1S/C16H26BrNO2/c1-6-18-11-16(2,3)8-7-12-9-14(19-4)15(20-5)10-13(12)17/h9-10,18H,6-8,11H2,1-5H3. The fraction of sp³-hybridized carbons (Fsp3) is 0.625. The molecule has 3 nitrogen and oxygen atoms in total. The van der Waals surface area contributed by atoms with Crippen LogP contribution in [0.1, 0.15) is 32.8 Å². The maximum atomic E-state index is 5.37. The summed E-state index contributed by atoms with van der Waals surface area (Å²) in [5.74, 6) is 1.55.